The van der Waals surface area contributed by atoms with Crippen LogP contribution in [0.4, 0.5) is 13.2 Å². The van der Waals surface area contributed by atoms with Gasteiger partial charge in [-0.2, -0.15) is 18.3 Å². The predicted molar refractivity (Wildman–Crippen MR) is 77.7 cm³/mol. The highest BCUT2D eigenvalue weighted by atomic mass is 19.4. The number of nitrogens with zero attached hydrogens (tertiary/aromatic N) is 2. The third-order valence-corrected chi connectivity index (χ3v) is 3.35. The summed E-state index contributed by atoms with van der Waals surface area (Å²) in [5.41, 5.74) is -0.352. The normalized spacial score (nSPS) is 15.3. The van der Waals surface area contributed by atoms with Crippen LogP contribution >= 0.6 is 0 Å². The van der Waals surface area contributed by atoms with Crippen molar-refractivity contribution in [3.63, 3.8) is 0 Å². The van der Waals surface area contributed by atoms with E-state index in [1.165, 1.54) is 6.92 Å². The van der Waals surface area contributed by atoms with Gasteiger partial charge in [0.1, 0.15) is 6.54 Å². The molecule has 0 atom stereocenters. The molecule has 1 N–H and O–H groups in total. The van der Waals surface area contributed by atoms with Crippen molar-refractivity contribution in [2.75, 3.05) is 6.61 Å². The van der Waals surface area contributed by atoms with Crippen molar-refractivity contribution < 1.29 is 27.5 Å². The molecular weight excluding hydrogens is 327 g/mol. The molecule has 1 fully saturated rings. The Balaban J connectivity index is 2.06. The molecule has 6 nitrogen and oxygen atoms in total. The number of allylic oxidation sites excluding steroid dienone is 1. The van der Waals surface area contributed by atoms with Gasteiger partial charge in [-0.25, -0.2) is 4.79 Å². The zero-order valence-electron chi connectivity index (χ0n) is 13.3. The second-order valence-corrected chi connectivity index (χ2v) is 5.51. The number of carbonyl (C=O) groups is 2. The SMILES string of the molecule is CCOC(=O)/C=C(\C)NC(=O)Cn1nc(C(F)(F)F)cc1C1CC1. The molecule has 0 radical (unpaired) electrons. The van der Waals surface area contributed by atoms with Gasteiger partial charge in [0.2, 0.25) is 5.91 Å². The molecule has 0 unspecified atom stereocenters. The molecule has 0 bridgehead atoms. The molecular formula is C15H18F3N3O3. The van der Waals surface area contributed by atoms with E-state index in [9.17, 15) is 22.8 Å². The van der Waals surface area contributed by atoms with E-state index < -0.39 is 23.7 Å². The summed E-state index contributed by atoms with van der Waals surface area (Å²) in [5, 5.41) is 5.93. The van der Waals surface area contributed by atoms with E-state index in [0.717, 1.165) is 29.7 Å². The monoisotopic (exact) mass is 345 g/mol. The molecule has 1 aliphatic rings. The summed E-state index contributed by atoms with van der Waals surface area (Å²) in [7, 11) is 0. The first-order valence-corrected chi connectivity index (χ1v) is 7.50. The van der Waals surface area contributed by atoms with E-state index in [0.29, 0.717) is 5.69 Å². The standard InChI is InChI=1S/C15H18F3N3O3/c1-3-24-14(23)6-9(2)19-13(22)8-21-11(10-4-5-10)7-12(20-21)15(16,17)18/h6-7,10H,3-5,8H2,1-2H3,(H,19,22)/b9-6+. The Morgan fingerprint density at radius 2 is 2.12 bits per heavy atom. The molecule has 1 saturated carbocycles. The first-order chi connectivity index (χ1) is 11.2. The highest BCUT2D eigenvalue weighted by Crippen LogP contribution is 2.42. The number of esters is 1. The van der Waals surface area contributed by atoms with E-state index in [1.54, 1.807) is 6.92 Å². The quantitative estimate of drug-likeness (QED) is 0.635. The Bertz CT molecular complexity index is 661. The Kier molecular flexibility index (Phi) is 5.30. The van der Waals surface area contributed by atoms with Crippen LogP contribution in [-0.4, -0.2) is 28.3 Å². The van der Waals surface area contributed by atoms with Crippen LogP contribution in [0.5, 0.6) is 0 Å². The van der Waals surface area contributed by atoms with Gasteiger partial charge in [-0.05, 0) is 32.8 Å². The van der Waals surface area contributed by atoms with Crippen molar-refractivity contribution in [3.05, 3.63) is 29.2 Å². The number of hydrogen-bond donors (Lipinski definition) is 1. The predicted octanol–water partition coefficient (Wildman–Crippen LogP) is 2.36. The number of ether oxygens (including phenoxy) is 1. The average Bonchev–Trinajstić information content (AvgIpc) is 3.18. The number of hydrogen-bond acceptors (Lipinski definition) is 4. The third-order valence-electron chi connectivity index (χ3n) is 3.35. The molecule has 0 aliphatic heterocycles. The Morgan fingerprint density at radius 3 is 2.67 bits per heavy atom. The van der Waals surface area contributed by atoms with Gasteiger partial charge >= 0.3 is 12.1 Å². The van der Waals surface area contributed by atoms with Gasteiger partial charge in [-0.15, -0.1) is 0 Å². The van der Waals surface area contributed by atoms with Crippen LogP contribution in [0.1, 0.15) is 44.0 Å². The number of alkyl halides is 3. The molecule has 24 heavy (non-hydrogen) atoms. The van der Waals surface area contributed by atoms with Crippen LogP contribution < -0.4 is 5.32 Å². The van der Waals surface area contributed by atoms with Crippen LogP contribution in [0.3, 0.4) is 0 Å². The molecule has 9 heteroatoms. The highest BCUT2D eigenvalue weighted by molar-refractivity contribution is 5.84. The van der Waals surface area contributed by atoms with Gasteiger partial charge in [-0.1, -0.05) is 0 Å². The number of halogens is 3. The maximum Gasteiger partial charge on any atom is 0.435 e. The molecule has 1 heterocycles. The number of rotatable bonds is 6. The first kappa shape index (κ1) is 18.0. The average molecular weight is 345 g/mol. The zero-order valence-corrected chi connectivity index (χ0v) is 13.3. The van der Waals surface area contributed by atoms with E-state index in [1.807, 2.05) is 0 Å². The topological polar surface area (TPSA) is 73.2 Å². The van der Waals surface area contributed by atoms with Crippen molar-refractivity contribution in [3.8, 4) is 0 Å². The lowest BCUT2D eigenvalue weighted by atomic mass is 10.2. The summed E-state index contributed by atoms with van der Waals surface area (Å²) in [5.74, 6) is -1.16. The lowest BCUT2D eigenvalue weighted by molar-refractivity contribution is -0.142. The van der Waals surface area contributed by atoms with Crippen LogP contribution in [-0.2, 0) is 27.0 Å². The molecule has 132 valence electrons. The van der Waals surface area contributed by atoms with Crippen molar-refractivity contribution in [1.82, 2.24) is 15.1 Å². The van der Waals surface area contributed by atoms with Gasteiger partial charge in [0.25, 0.3) is 0 Å². The minimum absolute atomic E-state index is 0.0116. The summed E-state index contributed by atoms with van der Waals surface area (Å²) >= 11 is 0. The fraction of sp³-hybridized carbons (Fsp3) is 0.533. The maximum atomic E-state index is 12.8. The van der Waals surface area contributed by atoms with Crippen LogP contribution in [0.25, 0.3) is 0 Å². The Hall–Kier alpha value is -2.32. The van der Waals surface area contributed by atoms with Gasteiger partial charge in [0, 0.05) is 23.4 Å². The molecule has 0 aromatic carbocycles. The number of aromatic nitrogens is 2. The van der Waals surface area contributed by atoms with Crippen molar-refractivity contribution in [1.29, 1.82) is 0 Å². The van der Waals surface area contributed by atoms with Gasteiger partial charge < -0.3 is 10.1 Å². The fourth-order valence-electron chi connectivity index (χ4n) is 2.20. The minimum Gasteiger partial charge on any atom is -0.463 e. The highest BCUT2D eigenvalue weighted by Gasteiger charge is 2.38. The van der Waals surface area contributed by atoms with Crippen LogP contribution in [0, 0.1) is 0 Å². The molecule has 0 saturated heterocycles. The molecule has 1 amide bonds. The van der Waals surface area contributed by atoms with Crippen LogP contribution in [0.2, 0.25) is 0 Å². The number of amides is 1. The van der Waals surface area contributed by atoms with Gasteiger partial charge in [0.15, 0.2) is 5.69 Å². The van der Waals surface area contributed by atoms with E-state index in [-0.39, 0.29) is 24.8 Å². The second-order valence-electron chi connectivity index (χ2n) is 5.51. The first-order valence-electron chi connectivity index (χ1n) is 7.50. The molecule has 1 aliphatic carbocycles. The zero-order chi connectivity index (χ0) is 17.9. The molecule has 2 rings (SSSR count). The largest absolute Gasteiger partial charge is 0.463 e. The summed E-state index contributed by atoms with van der Waals surface area (Å²) in [4.78, 5) is 23.2. The van der Waals surface area contributed by atoms with Crippen molar-refractivity contribution >= 4 is 11.9 Å². The summed E-state index contributed by atoms with van der Waals surface area (Å²) in [6.45, 7) is 2.99. The second kappa shape index (κ2) is 7.06. The summed E-state index contributed by atoms with van der Waals surface area (Å²) < 4.78 is 44.2. The molecule has 1 aromatic heterocycles. The fourth-order valence-corrected chi connectivity index (χ4v) is 2.20. The maximum absolute atomic E-state index is 12.8. The van der Waals surface area contributed by atoms with Crippen molar-refractivity contribution in [2.45, 2.75) is 45.3 Å². The third kappa shape index (κ3) is 4.84. The lowest BCUT2D eigenvalue weighted by Crippen LogP contribution is -2.28. The lowest BCUT2D eigenvalue weighted by Gasteiger charge is -2.08. The van der Waals surface area contributed by atoms with E-state index in [4.69, 9.17) is 4.74 Å². The van der Waals surface area contributed by atoms with E-state index in [2.05, 4.69) is 10.4 Å². The molecule has 1 aromatic rings. The van der Waals surface area contributed by atoms with Crippen LogP contribution in [0.15, 0.2) is 17.8 Å². The number of carbonyl (C=O) groups excluding carboxylic acids is 2. The minimum atomic E-state index is -4.55. The van der Waals surface area contributed by atoms with E-state index >= 15 is 0 Å². The smallest absolute Gasteiger partial charge is 0.435 e. The summed E-state index contributed by atoms with van der Waals surface area (Å²) in [6.07, 6.45) is -1.88. The van der Waals surface area contributed by atoms with Gasteiger partial charge in [0.05, 0.1) is 6.61 Å². The van der Waals surface area contributed by atoms with Gasteiger partial charge in [-0.3, -0.25) is 9.48 Å². The van der Waals surface area contributed by atoms with Crippen molar-refractivity contribution in [2.24, 2.45) is 0 Å². The molecule has 0 spiro atoms. The Morgan fingerprint density at radius 1 is 1.46 bits per heavy atom. The summed E-state index contributed by atoms with van der Waals surface area (Å²) in [6, 6.07) is 0.992. The number of nitrogens with one attached hydrogen (secondary N) is 1. The Labute approximate surface area is 136 Å².